The Morgan fingerprint density at radius 3 is 2.43 bits per heavy atom. The molecule has 126 valence electrons. The van der Waals surface area contributed by atoms with Gasteiger partial charge in [0.15, 0.2) is 17.3 Å². The van der Waals surface area contributed by atoms with Crippen molar-refractivity contribution in [2.24, 2.45) is 5.41 Å². The Morgan fingerprint density at radius 1 is 1.30 bits per heavy atom. The van der Waals surface area contributed by atoms with Gasteiger partial charge >= 0.3 is 12.0 Å². The zero-order valence-electron chi connectivity index (χ0n) is 13.2. The maximum Gasteiger partial charge on any atom is 0.321 e. The van der Waals surface area contributed by atoms with E-state index in [4.69, 9.17) is 9.47 Å². The minimum atomic E-state index is -0.979. The lowest BCUT2D eigenvalue weighted by Gasteiger charge is -2.21. The van der Waals surface area contributed by atoms with Crippen molar-refractivity contribution in [2.45, 2.75) is 13.3 Å². The third kappa shape index (κ3) is 3.30. The molecule has 1 aromatic carbocycles. The molecule has 0 spiro atoms. The van der Waals surface area contributed by atoms with E-state index < -0.39 is 23.2 Å². The molecule has 0 bridgehead atoms. The number of benzene rings is 1. The SMILES string of the molecule is COc1cc(F)c(NC(=O)N2CCC(C)(C(=O)O)C2)cc1OC. The van der Waals surface area contributed by atoms with Gasteiger partial charge in [0.25, 0.3) is 0 Å². The zero-order valence-corrected chi connectivity index (χ0v) is 13.2. The molecule has 1 atom stereocenters. The van der Waals surface area contributed by atoms with Crippen LogP contribution in [0.15, 0.2) is 12.1 Å². The average Bonchev–Trinajstić information content (AvgIpc) is 2.93. The van der Waals surface area contributed by atoms with Crippen LogP contribution in [0.3, 0.4) is 0 Å². The van der Waals surface area contributed by atoms with E-state index >= 15 is 0 Å². The van der Waals surface area contributed by atoms with Gasteiger partial charge in [-0.25, -0.2) is 9.18 Å². The molecular formula is C15H19FN2O5. The Bertz CT molecular complexity index is 637. The summed E-state index contributed by atoms with van der Waals surface area (Å²) in [5.74, 6) is -1.13. The monoisotopic (exact) mass is 326 g/mol. The fourth-order valence-electron chi connectivity index (χ4n) is 2.45. The third-order valence-corrected chi connectivity index (χ3v) is 3.99. The molecule has 1 aromatic rings. The maximum absolute atomic E-state index is 14.0. The number of ether oxygens (including phenoxy) is 2. The number of aliphatic carboxylic acids is 1. The highest BCUT2D eigenvalue weighted by Gasteiger charge is 2.42. The predicted molar refractivity (Wildman–Crippen MR) is 80.5 cm³/mol. The molecule has 8 heteroatoms. The van der Waals surface area contributed by atoms with Crippen molar-refractivity contribution in [3.63, 3.8) is 0 Å². The van der Waals surface area contributed by atoms with Crippen molar-refractivity contribution in [1.82, 2.24) is 4.90 Å². The van der Waals surface area contributed by atoms with Crippen molar-refractivity contribution < 1.29 is 28.6 Å². The molecule has 23 heavy (non-hydrogen) atoms. The molecule has 0 aromatic heterocycles. The molecule has 0 aliphatic carbocycles. The molecule has 2 N–H and O–H groups in total. The van der Waals surface area contributed by atoms with Crippen LogP contribution >= 0.6 is 0 Å². The summed E-state index contributed by atoms with van der Waals surface area (Å²) in [7, 11) is 2.78. The smallest absolute Gasteiger partial charge is 0.321 e. The zero-order chi connectivity index (χ0) is 17.2. The molecule has 2 rings (SSSR count). The minimum absolute atomic E-state index is 0.0587. The van der Waals surface area contributed by atoms with Crippen LogP contribution in [0.2, 0.25) is 0 Å². The highest BCUT2D eigenvalue weighted by atomic mass is 19.1. The first-order valence-corrected chi connectivity index (χ1v) is 7.01. The molecule has 1 saturated heterocycles. The second-order valence-corrected chi connectivity index (χ2v) is 5.65. The topological polar surface area (TPSA) is 88.1 Å². The lowest BCUT2D eigenvalue weighted by atomic mass is 9.90. The van der Waals surface area contributed by atoms with E-state index in [1.54, 1.807) is 6.92 Å². The highest BCUT2D eigenvalue weighted by molar-refractivity contribution is 5.91. The van der Waals surface area contributed by atoms with E-state index in [1.165, 1.54) is 25.2 Å². The Morgan fingerprint density at radius 2 is 1.91 bits per heavy atom. The van der Waals surface area contributed by atoms with E-state index in [0.717, 1.165) is 6.07 Å². The molecule has 2 amide bonds. The minimum Gasteiger partial charge on any atom is -0.493 e. The summed E-state index contributed by atoms with van der Waals surface area (Å²) >= 11 is 0. The van der Waals surface area contributed by atoms with Crippen LogP contribution in [0.5, 0.6) is 11.5 Å². The van der Waals surface area contributed by atoms with Crippen molar-refractivity contribution in [3.8, 4) is 11.5 Å². The second kappa shape index (κ2) is 6.31. The number of methoxy groups -OCH3 is 2. The van der Waals surface area contributed by atoms with Crippen LogP contribution < -0.4 is 14.8 Å². The number of likely N-dealkylation sites (tertiary alicyclic amines) is 1. The van der Waals surface area contributed by atoms with Crippen LogP contribution in [0.25, 0.3) is 0 Å². The molecule has 1 heterocycles. The first-order chi connectivity index (χ1) is 10.8. The van der Waals surface area contributed by atoms with Gasteiger partial charge in [-0.05, 0) is 13.3 Å². The summed E-state index contributed by atoms with van der Waals surface area (Å²) in [5.41, 5.74) is -1.04. The van der Waals surface area contributed by atoms with Gasteiger partial charge in [-0.15, -0.1) is 0 Å². The van der Waals surface area contributed by atoms with Crippen LogP contribution in [0.4, 0.5) is 14.9 Å². The molecular weight excluding hydrogens is 307 g/mol. The number of carboxylic acid groups (broad SMARTS) is 1. The number of carbonyl (C=O) groups excluding carboxylic acids is 1. The van der Waals surface area contributed by atoms with Crippen molar-refractivity contribution in [1.29, 1.82) is 0 Å². The highest BCUT2D eigenvalue weighted by Crippen LogP contribution is 2.34. The van der Waals surface area contributed by atoms with E-state index in [9.17, 15) is 19.1 Å². The van der Waals surface area contributed by atoms with E-state index in [2.05, 4.69) is 5.32 Å². The maximum atomic E-state index is 14.0. The molecule has 0 saturated carbocycles. The molecule has 1 unspecified atom stereocenters. The summed E-state index contributed by atoms with van der Waals surface area (Å²) in [4.78, 5) is 24.8. The molecule has 1 aliphatic rings. The number of hydrogen-bond acceptors (Lipinski definition) is 4. The quantitative estimate of drug-likeness (QED) is 0.885. The fraction of sp³-hybridized carbons (Fsp3) is 0.467. The van der Waals surface area contributed by atoms with Gasteiger partial charge in [0.1, 0.15) is 0 Å². The van der Waals surface area contributed by atoms with Crippen molar-refractivity contribution >= 4 is 17.7 Å². The third-order valence-electron chi connectivity index (χ3n) is 3.99. The molecule has 1 fully saturated rings. The van der Waals surface area contributed by atoms with Gasteiger partial charge in [-0.2, -0.15) is 0 Å². The number of amides is 2. The fourth-order valence-corrected chi connectivity index (χ4v) is 2.45. The van der Waals surface area contributed by atoms with E-state index in [-0.39, 0.29) is 23.7 Å². The summed E-state index contributed by atoms with van der Waals surface area (Å²) in [6, 6.07) is 1.87. The van der Waals surface area contributed by atoms with E-state index in [0.29, 0.717) is 13.0 Å². The summed E-state index contributed by atoms with van der Waals surface area (Å²) in [6.07, 6.45) is 0.351. The normalized spacial score (nSPS) is 20.3. The van der Waals surface area contributed by atoms with Gasteiger partial charge < -0.3 is 24.8 Å². The average molecular weight is 326 g/mol. The number of nitrogens with zero attached hydrogens (tertiary/aromatic N) is 1. The van der Waals surface area contributed by atoms with Crippen LogP contribution in [0.1, 0.15) is 13.3 Å². The van der Waals surface area contributed by atoms with Crippen LogP contribution in [-0.2, 0) is 4.79 Å². The van der Waals surface area contributed by atoms with Crippen LogP contribution in [0, 0.1) is 11.2 Å². The number of hydrogen-bond donors (Lipinski definition) is 2. The van der Waals surface area contributed by atoms with Gasteiger partial charge in [0.05, 0.1) is 25.3 Å². The largest absolute Gasteiger partial charge is 0.493 e. The number of rotatable bonds is 4. The molecule has 1 aliphatic heterocycles. The van der Waals surface area contributed by atoms with Gasteiger partial charge in [0.2, 0.25) is 0 Å². The number of anilines is 1. The summed E-state index contributed by atoms with van der Waals surface area (Å²) < 4.78 is 24.1. The Kier molecular flexibility index (Phi) is 4.63. The lowest BCUT2D eigenvalue weighted by Crippen LogP contribution is -2.37. The Balaban J connectivity index is 2.14. The van der Waals surface area contributed by atoms with Crippen molar-refractivity contribution in [2.75, 3.05) is 32.6 Å². The summed E-state index contributed by atoms with van der Waals surface area (Å²) in [6.45, 7) is 1.95. The first-order valence-electron chi connectivity index (χ1n) is 7.01. The number of carbonyl (C=O) groups is 2. The number of carboxylic acids is 1. The lowest BCUT2D eigenvalue weighted by molar-refractivity contribution is -0.146. The Hall–Kier alpha value is -2.51. The number of urea groups is 1. The van der Waals surface area contributed by atoms with Crippen LogP contribution in [-0.4, -0.2) is 49.3 Å². The molecule has 0 radical (unpaired) electrons. The standard InChI is InChI=1S/C15H19FN2O5/c1-15(13(19)20)4-5-18(8-15)14(21)17-10-7-12(23-3)11(22-2)6-9(10)16/h6-7H,4-5,8H2,1-3H3,(H,17,21)(H,19,20). The van der Waals surface area contributed by atoms with Gasteiger partial charge in [-0.3, -0.25) is 4.79 Å². The Labute approximate surface area is 133 Å². The first kappa shape index (κ1) is 16.9. The predicted octanol–water partition coefficient (Wildman–Crippen LogP) is 2.17. The van der Waals surface area contributed by atoms with Gasteiger partial charge in [0, 0.05) is 25.2 Å². The molecule has 7 nitrogen and oxygen atoms in total. The van der Waals surface area contributed by atoms with Crippen molar-refractivity contribution in [3.05, 3.63) is 17.9 Å². The van der Waals surface area contributed by atoms with E-state index in [1.807, 2.05) is 0 Å². The second-order valence-electron chi connectivity index (χ2n) is 5.65. The summed E-state index contributed by atoms with van der Waals surface area (Å²) in [5, 5.41) is 11.6. The number of halogens is 1. The van der Waals surface area contributed by atoms with Gasteiger partial charge in [-0.1, -0.05) is 0 Å². The number of nitrogens with one attached hydrogen (secondary N) is 1.